The Labute approximate surface area is 92.6 Å². The molecule has 0 rings (SSSR count). The van der Waals surface area contributed by atoms with Gasteiger partial charge < -0.3 is 20.3 Å². The van der Waals surface area contributed by atoms with Crippen molar-refractivity contribution in [1.29, 1.82) is 0 Å². The molecular formula is C11H25NO3. The molecule has 2 atom stereocenters. The van der Waals surface area contributed by atoms with Crippen LogP contribution in [-0.4, -0.2) is 48.7 Å². The lowest BCUT2D eigenvalue weighted by atomic mass is 10.1. The van der Waals surface area contributed by atoms with E-state index in [9.17, 15) is 5.11 Å². The Morgan fingerprint density at radius 3 is 2.47 bits per heavy atom. The molecule has 4 heteroatoms. The predicted octanol–water partition coefficient (Wildman–Crippen LogP) is 0.380. The van der Waals surface area contributed by atoms with Crippen LogP contribution < -0.4 is 5.32 Å². The molecule has 0 aliphatic carbocycles. The first-order chi connectivity index (χ1) is 7.06. The van der Waals surface area contributed by atoms with Gasteiger partial charge in [0.1, 0.15) is 0 Å². The minimum atomic E-state index is -0.494. The average Bonchev–Trinajstić information content (AvgIpc) is 2.14. The molecule has 0 heterocycles. The third kappa shape index (κ3) is 10.1. The molecule has 0 saturated heterocycles. The van der Waals surface area contributed by atoms with Gasteiger partial charge in [-0.1, -0.05) is 13.8 Å². The lowest BCUT2D eigenvalue weighted by molar-refractivity contribution is -0.00865. The predicted molar refractivity (Wildman–Crippen MR) is 60.8 cm³/mol. The van der Waals surface area contributed by atoms with Crippen LogP contribution in [0.15, 0.2) is 0 Å². The largest absolute Gasteiger partial charge is 0.395 e. The molecule has 0 radical (unpaired) electrons. The molecule has 0 bridgehead atoms. The van der Waals surface area contributed by atoms with Crippen molar-refractivity contribution in [2.75, 3.05) is 26.3 Å². The van der Waals surface area contributed by atoms with Crippen molar-refractivity contribution in [2.24, 2.45) is 5.92 Å². The highest BCUT2D eigenvalue weighted by Crippen LogP contribution is 2.07. The quantitative estimate of drug-likeness (QED) is 0.491. The first-order valence-electron chi connectivity index (χ1n) is 5.67. The van der Waals surface area contributed by atoms with Crippen molar-refractivity contribution in [3.8, 4) is 0 Å². The maximum absolute atomic E-state index is 9.49. The number of aliphatic hydroxyl groups is 2. The second-order valence-electron chi connectivity index (χ2n) is 4.36. The zero-order valence-electron chi connectivity index (χ0n) is 10.1. The van der Waals surface area contributed by atoms with E-state index >= 15 is 0 Å². The summed E-state index contributed by atoms with van der Waals surface area (Å²) in [4.78, 5) is 0. The molecule has 0 spiro atoms. The normalized spacial score (nSPS) is 15.6. The average molecular weight is 219 g/mol. The van der Waals surface area contributed by atoms with E-state index < -0.39 is 6.10 Å². The van der Waals surface area contributed by atoms with Crippen molar-refractivity contribution in [1.82, 2.24) is 5.32 Å². The molecule has 0 aromatic heterocycles. The molecular weight excluding hydrogens is 194 g/mol. The summed E-state index contributed by atoms with van der Waals surface area (Å²) in [6, 6.07) is 0. The fraction of sp³-hybridized carbons (Fsp3) is 1.00. The van der Waals surface area contributed by atoms with Crippen LogP contribution in [0.5, 0.6) is 0 Å². The summed E-state index contributed by atoms with van der Waals surface area (Å²) in [5.74, 6) is 0.615. The van der Waals surface area contributed by atoms with Gasteiger partial charge in [-0.2, -0.15) is 0 Å². The molecule has 0 aliphatic heterocycles. The van der Waals surface area contributed by atoms with Gasteiger partial charge in [0.15, 0.2) is 0 Å². The first-order valence-corrected chi connectivity index (χ1v) is 5.67. The fourth-order valence-corrected chi connectivity index (χ4v) is 1.41. The molecule has 0 aromatic carbocycles. The molecule has 2 unspecified atom stereocenters. The summed E-state index contributed by atoms with van der Waals surface area (Å²) >= 11 is 0. The highest BCUT2D eigenvalue weighted by Gasteiger charge is 2.09. The number of hydrogen-bond acceptors (Lipinski definition) is 4. The van der Waals surface area contributed by atoms with Crippen LogP contribution in [0.25, 0.3) is 0 Å². The van der Waals surface area contributed by atoms with Gasteiger partial charge in [0.2, 0.25) is 0 Å². The zero-order chi connectivity index (χ0) is 11.7. The van der Waals surface area contributed by atoms with Gasteiger partial charge in [-0.15, -0.1) is 0 Å². The molecule has 0 aromatic rings. The number of ether oxygens (including phenoxy) is 1. The molecule has 0 amide bonds. The van der Waals surface area contributed by atoms with E-state index in [4.69, 9.17) is 9.84 Å². The van der Waals surface area contributed by atoms with E-state index in [2.05, 4.69) is 19.2 Å². The van der Waals surface area contributed by atoms with Crippen LogP contribution in [0, 0.1) is 5.92 Å². The second kappa shape index (κ2) is 9.09. The van der Waals surface area contributed by atoms with Gasteiger partial charge in [-0.25, -0.2) is 0 Å². The Morgan fingerprint density at radius 2 is 1.93 bits per heavy atom. The molecule has 92 valence electrons. The summed E-state index contributed by atoms with van der Waals surface area (Å²) in [7, 11) is 0. The van der Waals surface area contributed by atoms with Crippen LogP contribution in [0.2, 0.25) is 0 Å². The van der Waals surface area contributed by atoms with Crippen LogP contribution in [0.1, 0.15) is 27.2 Å². The minimum Gasteiger partial charge on any atom is -0.395 e. The van der Waals surface area contributed by atoms with Crippen molar-refractivity contribution < 1.29 is 14.9 Å². The fourth-order valence-electron chi connectivity index (χ4n) is 1.41. The van der Waals surface area contributed by atoms with Crippen LogP contribution in [0.4, 0.5) is 0 Å². The summed E-state index contributed by atoms with van der Waals surface area (Å²) in [6.07, 6.45) is 0.709. The van der Waals surface area contributed by atoms with Crippen molar-refractivity contribution >= 4 is 0 Å². The third-order valence-corrected chi connectivity index (χ3v) is 2.05. The van der Waals surface area contributed by atoms with Crippen molar-refractivity contribution in [3.05, 3.63) is 0 Å². The molecule has 15 heavy (non-hydrogen) atoms. The highest BCUT2D eigenvalue weighted by atomic mass is 16.5. The molecule has 0 aliphatic rings. The van der Waals surface area contributed by atoms with Gasteiger partial charge >= 0.3 is 0 Å². The standard InChI is InChI=1S/C11H25NO3/c1-9(2)6-10(3)15-8-11(14)7-12-4-5-13/h9-14H,4-8H2,1-3H3. The maximum Gasteiger partial charge on any atom is 0.0897 e. The number of aliphatic hydroxyl groups excluding tert-OH is 2. The van der Waals surface area contributed by atoms with Gasteiger partial charge in [0.25, 0.3) is 0 Å². The zero-order valence-corrected chi connectivity index (χ0v) is 10.1. The van der Waals surface area contributed by atoms with Crippen LogP contribution >= 0.6 is 0 Å². The van der Waals surface area contributed by atoms with E-state index in [0.717, 1.165) is 6.42 Å². The van der Waals surface area contributed by atoms with Gasteiger partial charge in [-0.3, -0.25) is 0 Å². The smallest absolute Gasteiger partial charge is 0.0897 e. The molecule has 0 saturated carbocycles. The van der Waals surface area contributed by atoms with Crippen LogP contribution in [0.3, 0.4) is 0 Å². The summed E-state index contributed by atoms with van der Waals surface area (Å²) in [6.45, 7) is 7.75. The van der Waals surface area contributed by atoms with E-state index in [0.29, 0.717) is 25.6 Å². The Kier molecular flexibility index (Phi) is 9.00. The lowest BCUT2D eigenvalue weighted by Crippen LogP contribution is -2.33. The van der Waals surface area contributed by atoms with Crippen LogP contribution in [-0.2, 0) is 4.74 Å². The SMILES string of the molecule is CC(C)CC(C)OCC(O)CNCCO. The van der Waals surface area contributed by atoms with Gasteiger partial charge in [0, 0.05) is 13.1 Å². The first kappa shape index (κ1) is 14.8. The Bertz CT molecular complexity index is 142. The number of rotatable bonds is 9. The van der Waals surface area contributed by atoms with E-state index in [1.54, 1.807) is 0 Å². The molecule has 4 nitrogen and oxygen atoms in total. The third-order valence-electron chi connectivity index (χ3n) is 2.05. The van der Waals surface area contributed by atoms with E-state index in [-0.39, 0.29) is 12.7 Å². The second-order valence-corrected chi connectivity index (χ2v) is 4.36. The Morgan fingerprint density at radius 1 is 1.27 bits per heavy atom. The summed E-state index contributed by atoms with van der Waals surface area (Å²) in [5, 5.41) is 20.9. The van der Waals surface area contributed by atoms with Crippen molar-refractivity contribution in [2.45, 2.75) is 39.4 Å². The Balaban J connectivity index is 3.39. The minimum absolute atomic E-state index is 0.0946. The van der Waals surface area contributed by atoms with Gasteiger partial charge in [0.05, 0.1) is 25.4 Å². The summed E-state index contributed by atoms with van der Waals surface area (Å²) in [5.41, 5.74) is 0. The van der Waals surface area contributed by atoms with Crippen molar-refractivity contribution in [3.63, 3.8) is 0 Å². The Hall–Kier alpha value is -0.160. The molecule has 0 fully saturated rings. The summed E-state index contributed by atoms with van der Waals surface area (Å²) < 4.78 is 5.49. The highest BCUT2D eigenvalue weighted by molar-refractivity contribution is 4.60. The lowest BCUT2D eigenvalue weighted by Gasteiger charge is -2.18. The van der Waals surface area contributed by atoms with Gasteiger partial charge in [-0.05, 0) is 19.3 Å². The van der Waals surface area contributed by atoms with E-state index in [1.807, 2.05) is 6.92 Å². The maximum atomic E-state index is 9.49. The van der Waals surface area contributed by atoms with E-state index in [1.165, 1.54) is 0 Å². The number of hydrogen-bond donors (Lipinski definition) is 3. The molecule has 3 N–H and O–H groups in total. The number of nitrogens with one attached hydrogen (secondary N) is 1. The monoisotopic (exact) mass is 219 g/mol. The topological polar surface area (TPSA) is 61.7 Å².